The molecule has 27 heavy (non-hydrogen) atoms. The molecule has 0 atom stereocenters. The van der Waals surface area contributed by atoms with E-state index in [-0.39, 0.29) is 24.0 Å². The van der Waals surface area contributed by atoms with E-state index in [0.717, 1.165) is 64.0 Å². The zero-order valence-corrected chi connectivity index (χ0v) is 20.0. The molecular formula is C20H41IN4O2. The van der Waals surface area contributed by atoms with Crippen LogP contribution in [0.15, 0.2) is 4.99 Å². The lowest BCUT2D eigenvalue weighted by atomic mass is 9.93. The Labute approximate surface area is 183 Å². The van der Waals surface area contributed by atoms with E-state index in [4.69, 9.17) is 9.47 Å². The van der Waals surface area contributed by atoms with Gasteiger partial charge in [-0.3, -0.25) is 4.99 Å². The Morgan fingerprint density at radius 1 is 1.07 bits per heavy atom. The van der Waals surface area contributed by atoms with Crippen LogP contribution >= 0.6 is 24.0 Å². The van der Waals surface area contributed by atoms with E-state index < -0.39 is 0 Å². The molecule has 2 aliphatic heterocycles. The highest BCUT2D eigenvalue weighted by atomic mass is 127. The predicted octanol–water partition coefficient (Wildman–Crippen LogP) is 2.82. The highest BCUT2D eigenvalue weighted by molar-refractivity contribution is 14.0. The summed E-state index contributed by atoms with van der Waals surface area (Å²) < 4.78 is 11.0. The van der Waals surface area contributed by atoms with E-state index in [0.29, 0.717) is 6.10 Å². The van der Waals surface area contributed by atoms with Crippen molar-refractivity contribution in [1.29, 1.82) is 0 Å². The zero-order valence-electron chi connectivity index (χ0n) is 17.6. The van der Waals surface area contributed by atoms with Crippen LogP contribution < -0.4 is 5.32 Å². The number of hydrogen-bond acceptors (Lipinski definition) is 4. The van der Waals surface area contributed by atoms with Gasteiger partial charge in [0.15, 0.2) is 5.96 Å². The number of methoxy groups -OCH3 is 1. The number of halogens is 1. The molecule has 0 aromatic heterocycles. The van der Waals surface area contributed by atoms with Gasteiger partial charge in [-0.1, -0.05) is 6.92 Å². The summed E-state index contributed by atoms with van der Waals surface area (Å²) in [6.45, 7) is 10.7. The summed E-state index contributed by atoms with van der Waals surface area (Å²) in [5.74, 6) is 1.93. The Balaban J connectivity index is 0.00000364. The Bertz CT molecular complexity index is 395. The first kappa shape index (κ1) is 24.9. The first-order chi connectivity index (χ1) is 12.8. The van der Waals surface area contributed by atoms with E-state index in [1.165, 1.54) is 38.9 Å². The minimum absolute atomic E-state index is 0. The molecule has 0 aromatic rings. The highest BCUT2D eigenvalue weighted by Gasteiger charge is 2.22. The minimum Gasteiger partial charge on any atom is -0.385 e. The topological polar surface area (TPSA) is 49.3 Å². The third-order valence-electron chi connectivity index (χ3n) is 5.79. The fourth-order valence-corrected chi connectivity index (χ4v) is 4.00. The Hall–Kier alpha value is -0.120. The summed E-state index contributed by atoms with van der Waals surface area (Å²) in [6, 6.07) is 0. The Kier molecular flexibility index (Phi) is 13.7. The zero-order chi connectivity index (χ0) is 18.6. The van der Waals surface area contributed by atoms with E-state index in [1.54, 1.807) is 7.11 Å². The number of guanidine groups is 1. The van der Waals surface area contributed by atoms with Crippen LogP contribution in [-0.2, 0) is 9.47 Å². The molecule has 1 N–H and O–H groups in total. The quantitative estimate of drug-likeness (QED) is 0.230. The smallest absolute Gasteiger partial charge is 0.193 e. The summed E-state index contributed by atoms with van der Waals surface area (Å²) in [5, 5.41) is 3.59. The number of nitrogens with one attached hydrogen (secondary N) is 1. The van der Waals surface area contributed by atoms with Crippen molar-refractivity contribution in [3.63, 3.8) is 0 Å². The third-order valence-corrected chi connectivity index (χ3v) is 5.79. The highest BCUT2D eigenvalue weighted by Crippen LogP contribution is 2.20. The molecule has 7 heteroatoms. The van der Waals surface area contributed by atoms with Gasteiger partial charge in [-0.05, 0) is 64.1 Å². The molecule has 0 bridgehead atoms. The van der Waals surface area contributed by atoms with Crippen LogP contribution in [0.2, 0.25) is 0 Å². The lowest BCUT2D eigenvalue weighted by Crippen LogP contribution is -2.47. The number of ether oxygens (including phenoxy) is 2. The van der Waals surface area contributed by atoms with Gasteiger partial charge in [-0.15, -0.1) is 24.0 Å². The predicted molar refractivity (Wildman–Crippen MR) is 123 cm³/mol. The molecular weight excluding hydrogens is 455 g/mol. The summed E-state index contributed by atoms with van der Waals surface area (Å²) in [6.07, 6.45) is 7.50. The molecule has 0 amide bonds. The molecule has 0 unspecified atom stereocenters. The van der Waals surface area contributed by atoms with Crippen LogP contribution in [0.25, 0.3) is 0 Å². The van der Waals surface area contributed by atoms with E-state index in [9.17, 15) is 0 Å². The lowest BCUT2D eigenvalue weighted by molar-refractivity contribution is 0.00990. The average molecular weight is 496 g/mol. The molecule has 0 saturated carbocycles. The van der Waals surface area contributed by atoms with Crippen molar-refractivity contribution in [1.82, 2.24) is 15.1 Å². The third kappa shape index (κ3) is 9.28. The second-order valence-corrected chi connectivity index (χ2v) is 7.54. The summed E-state index contributed by atoms with van der Waals surface area (Å²) in [7, 11) is 3.64. The van der Waals surface area contributed by atoms with E-state index in [1.807, 2.05) is 7.05 Å². The van der Waals surface area contributed by atoms with Crippen LogP contribution in [0.1, 0.15) is 45.4 Å². The van der Waals surface area contributed by atoms with Gasteiger partial charge >= 0.3 is 0 Å². The monoisotopic (exact) mass is 496 g/mol. The molecule has 0 aromatic carbocycles. The van der Waals surface area contributed by atoms with E-state index >= 15 is 0 Å². The van der Waals surface area contributed by atoms with Gasteiger partial charge in [-0.2, -0.15) is 0 Å². The van der Waals surface area contributed by atoms with Gasteiger partial charge in [0, 0.05) is 47.0 Å². The molecule has 0 spiro atoms. The van der Waals surface area contributed by atoms with Gasteiger partial charge < -0.3 is 24.6 Å². The van der Waals surface area contributed by atoms with Crippen molar-refractivity contribution < 1.29 is 9.47 Å². The molecule has 2 heterocycles. The number of hydrogen-bond donors (Lipinski definition) is 1. The van der Waals surface area contributed by atoms with Crippen molar-refractivity contribution in [3.05, 3.63) is 0 Å². The molecule has 6 nitrogen and oxygen atoms in total. The summed E-state index contributed by atoms with van der Waals surface area (Å²) in [4.78, 5) is 9.44. The van der Waals surface area contributed by atoms with Crippen molar-refractivity contribution in [2.24, 2.45) is 10.9 Å². The standard InChI is InChI=1S/C20H40N4O2.HI/c1-4-23-12-7-18(8-13-23)6-11-22-20(21-2)24-14-9-19(10-15-24)26-17-5-16-25-3;/h18-19H,4-17H2,1-3H3,(H,21,22);1H. The number of likely N-dealkylation sites (tertiary alicyclic amines) is 2. The van der Waals surface area contributed by atoms with Crippen molar-refractivity contribution >= 4 is 29.9 Å². The first-order valence-electron chi connectivity index (χ1n) is 10.5. The van der Waals surface area contributed by atoms with Crippen LogP contribution in [0.5, 0.6) is 0 Å². The van der Waals surface area contributed by atoms with Gasteiger partial charge in [0.25, 0.3) is 0 Å². The van der Waals surface area contributed by atoms with Gasteiger partial charge in [0.1, 0.15) is 0 Å². The maximum absolute atomic E-state index is 5.95. The van der Waals surface area contributed by atoms with Crippen molar-refractivity contribution in [3.8, 4) is 0 Å². The number of nitrogens with zero attached hydrogens (tertiary/aromatic N) is 3. The second-order valence-electron chi connectivity index (χ2n) is 7.54. The van der Waals surface area contributed by atoms with Gasteiger partial charge in [-0.25, -0.2) is 0 Å². The minimum atomic E-state index is 0. The molecule has 0 aliphatic carbocycles. The fourth-order valence-electron chi connectivity index (χ4n) is 4.00. The van der Waals surface area contributed by atoms with Crippen LogP contribution in [0.4, 0.5) is 0 Å². The number of aliphatic imine (C=N–C) groups is 1. The van der Waals surface area contributed by atoms with Crippen LogP contribution in [0.3, 0.4) is 0 Å². The summed E-state index contributed by atoms with van der Waals surface area (Å²) >= 11 is 0. The fraction of sp³-hybridized carbons (Fsp3) is 0.950. The van der Waals surface area contributed by atoms with Crippen molar-refractivity contribution in [2.45, 2.75) is 51.6 Å². The van der Waals surface area contributed by atoms with Gasteiger partial charge in [0.2, 0.25) is 0 Å². The largest absolute Gasteiger partial charge is 0.385 e. The normalized spacial score (nSPS) is 20.6. The average Bonchev–Trinajstić information content (AvgIpc) is 2.70. The van der Waals surface area contributed by atoms with Crippen LogP contribution in [0, 0.1) is 5.92 Å². The summed E-state index contributed by atoms with van der Waals surface area (Å²) in [5.41, 5.74) is 0. The Morgan fingerprint density at radius 3 is 2.37 bits per heavy atom. The van der Waals surface area contributed by atoms with Crippen molar-refractivity contribution in [2.75, 3.05) is 66.6 Å². The molecule has 2 aliphatic rings. The lowest BCUT2D eigenvalue weighted by Gasteiger charge is -2.35. The first-order valence-corrected chi connectivity index (χ1v) is 10.5. The SMILES string of the molecule is CCN1CCC(CCNC(=NC)N2CCC(OCCCOC)CC2)CC1.I. The van der Waals surface area contributed by atoms with Gasteiger partial charge in [0.05, 0.1) is 6.10 Å². The molecule has 2 saturated heterocycles. The second kappa shape index (κ2) is 14.8. The van der Waals surface area contributed by atoms with E-state index in [2.05, 4.69) is 27.0 Å². The maximum atomic E-state index is 5.95. The molecule has 2 fully saturated rings. The molecule has 0 radical (unpaired) electrons. The molecule has 160 valence electrons. The number of piperidine rings is 2. The number of rotatable bonds is 9. The van der Waals surface area contributed by atoms with Crippen LogP contribution in [-0.4, -0.2) is 88.5 Å². The molecule has 2 rings (SSSR count). The maximum Gasteiger partial charge on any atom is 0.193 e. The Morgan fingerprint density at radius 2 is 1.78 bits per heavy atom.